The van der Waals surface area contributed by atoms with E-state index in [0.717, 1.165) is 57.1 Å². The van der Waals surface area contributed by atoms with Gasteiger partial charge in [0.25, 0.3) is 0 Å². The van der Waals surface area contributed by atoms with Crippen molar-refractivity contribution in [3.8, 4) is 0 Å². The van der Waals surface area contributed by atoms with E-state index in [-0.39, 0.29) is 22.8 Å². The number of halogens is 1. The van der Waals surface area contributed by atoms with Crippen LogP contribution in [0.15, 0.2) is 18.2 Å². The van der Waals surface area contributed by atoms with Crippen LogP contribution >= 0.6 is 0 Å². The number of piperidine rings is 1. The summed E-state index contributed by atoms with van der Waals surface area (Å²) in [7, 11) is 2.20. The first-order valence-electron chi connectivity index (χ1n) is 11.3. The third kappa shape index (κ3) is 4.62. The molecule has 1 aliphatic heterocycles. The first-order chi connectivity index (χ1) is 13.1. The van der Waals surface area contributed by atoms with Crippen molar-refractivity contribution in [1.82, 2.24) is 4.90 Å². The van der Waals surface area contributed by atoms with Gasteiger partial charge in [0, 0.05) is 17.7 Å². The maximum atomic E-state index is 15.2. The number of hydrogen-bond acceptors (Lipinski definition) is 2. The minimum atomic E-state index is 0.00279. The Balaban J connectivity index is 1.70. The summed E-state index contributed by atoms with van der Waals surface area (Å²) in [6.45, 7) is 12.2. The van der Waals surface area contributed by atoms with Crippen molar-refractivity contribution in [2.75, 3.05) is 13.7 Å². The van der Waals surface area contributed by atoms with Crippen LogP contribution in [-0.2, 0) is 4.74 Å². The number of hydrogen-bond donors (Lipinski definition) is 0. The van der Waals surface area contributed by atoms with Crippen molar-refractivity contribution in [2.45, 2.75) is 109 Å². The zero-order chi connectivity index (χ0) is 20.5. The van der Waals surface area contributed by atoms with Crippen molar-refractivity contribution in [1.29, 1.82) is 0 Å². The monoisotopic (exact) mass is 389 g/mol. The van der Waals surface area contributed by atoms with Crippen molar-refractivity contribution >= 4 is 0 Å². The van der Waals surface area contributed by atoms with Crippen LogP contribution in [0.4, 0.5) is 4.39 Å². The van der Waals surface area contributed by atoms with Crippen LogP contribution in [-0.4, -0.2) is 35.7 Å². The fourth-order valence-electron chi connectivity index (χ4n) is 5.57. The van der Waals surface area contributed by atoms with Crippen LogP contribution in [0.1, 0.15) is 103 Å². The lowest BCUT2D eigenvalue weighted by molar-refractivity contribution is -0.0133. The van der Waals surface area contributed by atoms with E-state index in [2.05, 4.69) is 58.7 Å². The highest BCUT2D eigenvalue weighted by molar-refractivity contribution is 5.31. The minimum Gasteiger partial charge on any atom is -0.378 e. The van der Waals surface area contributed by atoms with Gasteiger partial charge in [0.15, 0.2) is 0 Å². The second kappa shape index (κ2) is 8.44. The van der Waals surface area contributed by atoms with Crippen LogP contribution in [0.3, 0.4) is 0 Å². The Kier molecular flexibility index (Phi) is 6.56. The zero-order valence-electron chi connectivity index (χ0n) is 18.9. The summed E-state index contributed by atoms with van der Waals surface area (Å²) in [6, 6.07) is 6.13. The molecule has 1 aromatic rings. The van der Waals surface area contributed by atoms with Crippen molar-refractivity contribution in [3.05, 3.63) is 35.1 Å². The van der Waals surface area contributed by atoms with E-state index in [4.69, 9.17) is 4.74 Å². The van der Waals surface area contributed by atoms with Crippen LogP contribution < -0.4 is 0 Å². The summed E-state index contributed by atoms with van der Waals surface area (Å²) in [5, 5.41) is 0. The summed E-state index contributed by atoms with van der Waals surface area (Å²) < 4.78 is 21.1. The molecule has 0 aromatic heterocycles. The molecule has 0 atom stereocenters. The second-order valence-electron chi connectivity index (χ2n) is 10.4. The third-order valence-electron chi connectivity index (χ3n) is 7.48. The largest absolute Gasteiger partial charge is 0.378 e. The van der Waals surface area contributed by atoms with E-state index in [0.29, 0.717) is 12.0 Å². The van der Waals surface area contributed by atoms with E-state index in [1.807, 2.05) is 6.07 Å². The van der Waals surface area contributed by atoms with E-state index < -0.39 is 0 Å². The zero-order valence-corrected chi connectivity index (χ0v) is 18.9. The van der Waals surface area contributed by atoms with Gasteiger partial charge in [-0.25, -0.2) is 4.39 Å². The molecule has 28 heavy (non-hydrogen) atoms. The van der Waals surface area contributed by atoms with Gasteiger partial charge in [-0.15, -0.1) is 0 Å². The van der Waals surface area contributed by atoms with E-state index >= 15 is 4.39 Å². The molecule has 0 N–H and O–H groups in total. The van der Waals surface area contributed by atoms with Gasteiger partial charge in [0.2, 0.25) is 0 Å². The Labute approximate surface area is 171 Å². The summed E-state index contributed by atoms with van der Waals surface area (Å²) in [5.41, 5.74) is 2.25. The number of likely N-dealkylation sites (tertiary alicyclic amines) is 1. The average Bonchev–Trinajstić information content (AvgIpc) is 2.64. The Morgan fingerprint density at radius 2 is 1.61 bits per heavy atom. The molecular weight excluding hydrogens is 349 g/mol. The van der Waals surface area contributed by atoms with E-state index in [1.54, 1.807) is 0 Å². The Hall–Kier alpha value is -0.930. The van der Waals surface area contributed by atoms with E-state index in [9.17, 15) is 0 Å². The van der Waals surface area contributed by atoms with Crippen molar-refractivity contribution in [3.63, 3.8) is 0 Å². The van der Waals surface area contributed by atoms with Crippen molar-refractivity contribution in [2.24, 2.45) is 0 Å². The first kappa shape index (κ1) is 21.8. The number of rotatable bonds is 5. The SMILES string of the molecule is CCCOC1CCC(c2ccc(C3CC(C)(C)N(C)C(C)(C)C3)c(F)c2)CC1. The van der Waals surface area contributed by atoms with Gasteiger partial charge in [0.1, 0.15) is 5.82 Å². The fraction of sp³-hybridized carbons (Fsp3) is 0.760. The lowest BCUT2D eigenvalue weighted by Gasteiger charge is -2.54. The first-order valence-corrected chi connectivity index (χ1v) is 11.3. The van der Waals surface area contributed by atoms with Crippen LogP contribution in [0.25, 0.3) is 0 Å². The molecule has 1 saturated heterocycles. The minimum absolute atomic E-state index is 0.00279. The molecule has 1 aromatic carbocycles. The predicted octanol–water partition coefficient (Wildman–Crippen LogP) is 6.64. The summed E-state index contributed by atoms with van der Waals surface area (Å²) in [4.78, 5) is 2.46. The molecule has 1 heterocycles. The van der Waals surface area contributed by atoms with Gasteiger partial charge in [0.05, 0.1) is 6.10 Å². The molecule has 1 aliphatic carbocycles. The molecule has 1 saturated carbocycles. The molecular formula is C25H40FNO. The van der Waals surface area contributed by atoms with Gasteiger partial charge in [-0.3, -0.25) is 4.90 Å². The normalized spacial score (nSPS) is 28.4. The van der Waals surface area contributed by atoms with Gasteiger partial charge in [-0.2, -0.15) is 0 Å². The highest BCUT2D eigenvalue weighted by Crippen LogP contribution is 2.45. The Bertz CT molecular complexity index is 643. The molecule has 0 spiro atoms. The standard InChI is InChI=1S/C25H40FNO/c1-7-14-28-21-11-8-18(9-12-21)19-10-13-22(23(26)15-19)20-16-24(2,3)27(6)25(4,5)17-20/h10,13,15,18,20-21H,7-9,11-12,14,16-17H2,1-6H3. The summed E-state index contributed by atoms with van der Waals surface area (Å²) >= 11 is 0. The molecule has 0 radical (unpaired) electrons. The quantitative estimate of drug-likeness (QED) is 0.559. The highest BCUT2D eigenvalue weighted by Gasteiger charge is 2.44. The van der Waals surface area contributed by atoms with E-state index in [1.165, 1.54) is 5.56 Å². The molecule has 3 heteroatoms. The van der Waals surface area contributed by atoms with Crippen LogP contribution in [0.2, 0.25) is 0 Å². The Morgan fingerprint density at radius 3 is 2.14 bits per heavy atom. The maximum Gasteiger partial charge on any atom is 0.126 e. The van der Waals surface area contributed by atoms with Crippen molar-refractivity contribution < 1.29 is 9.13 Å². The predicted molar refractivity (Wildman–Crippen MR) is 116 cm³/mol. The molecule has 0 amide bonds. The molecule has 3 rings (SSSR count). The lowest BCUT2D eigenvalue weighted by Crippen LogP contribution is -2.58. The van der Waals surface area contributed by atoms with Crippen LogP contribution in [0.5, 0.6) is 0 Å². The molecule has 2 fully saturated rings. The molecule has 0 bridgehead atoms. The molecule has 158 valence electrons. The van der Waals surface area contributed by atoms with Gasteiger partial charge in [-0.05, 0) is 109 Å². The fourth-order valence-corrected chi connectivity index (χ4v) is 5.57. The van der Waals surface area contributed by atoms with Gasteiger partial charge in [-0.1, -0.05) is 19.1 Å². The molecule has 0 unspecified atom stereocenters. The summed E-state index contributed by atoms with van der Waals surface area (Å²) in [5.74, 6) is 0.770. The average molecular weight is 390 g/mol. The summed E-state index contributed by atoms with van der Waals surface area (Å²) in [6.07, 6.45) is 7.92. The molecule has 2 nitrogen and oxygen atoms in total. The maximum absolute atomic E-state index is 15.2. The molecule has 2 aliphatic rings. The Morgan fingerprint density at radius 1 is 1.00 bits per heavy atom. The third-order valence-corrected chi connectivity index (χ3v) is 7.48. The van der Waals surface area contributed by atoms with Gasteiger partial charge >= 0.3 is 0 Å². The number of benzene rings is 1. The number of nitrogens with zero attached hydrogens (tertiary/aromatic N) is 1. The van der Waals surface area contributed by atoms with Crippen LogP contribution in [0, 0.1) is 5.82 Å². The number of ether oxygens (including phenoxy) is 1. The lowest BCUT2D eigenvalue weighted by atomic mass is 9.71. The second-order valence-corrected chi connectivity index (χ2v) is 10.4. The topological polar surface area (TPSA) is 12.5 Å². The smallest absolute Gasteiger partial charge is 0.126 e. The van der Waals surface area contributed by atoms with Gasteiger partial charge < -0.3 is 4.74 Å². The highest BCUT2D eigenvalue weighted by atomic mass is 19.1.